The lowest BCUT2D eigenvalue weighted by atomic mass is 10.0. The lowest BCUT2D eigenvalue weighted by Gasteiger charge is -2.05. The van der Waals surface area contributed by atoms with Gasteiger partial charge in [0.15, 0.2) is 0 Å². The van der Waals surface area contributed by atoms with E-state index >= 15 is 0 Å². The van der Waals surface area contributed by atoms with Crippen LogP contribution in [-0.2, 0) is 6.42 Å². The number of fused-ring (bicyclic) bond motifs is 5. The molecule has 0 amide bonds. The fourth-order valence-corrected chi connectivity index (χ4v) is 3.05. The van der Waals surface area contributed by atoms with Gasteiger partial charge in [-0.15, -0.1) is 0 Å². The molecule has 2 aromatic carbocycles. The first-order chi connectivity index (χ1) is 9.88. The Labute approximate surface area is 117 Å². The van der Waals surface area contributed by atoms with Gasteiger partial charge in [-0.05, 0) is 18.6 Å². The zero-order chi connectivity index (χ0) is 13.5. The van der Waals surface area contributed by atoms with Crippen molar-refractivity contribution in [1.29, 1.82) is 0 Å². The topological polar surface area (TPSA) is 28.7 Å². The Bertz CT molecular complexity index is 919. The molecule has 2 heteroatoms. The maximum Gasteiger partial charge on any atom is 0.0726 e. The van der Waals surface area contributed by atoms with Crippen molar-refractivity contribution in [3.8, 4) is 0 Å². The standard InChI is InChI=1S/C18H16N2/c1-2-7-16-17-12-8-3-5-10-14(12)20-18(17)13-9-4-6-11-15(13)19-16/h3-6,8-11,20H,2,7H2,1H3. The summed E-state index contributed by atoms with van der Waals surface area (Å²) < 4.78 is 0. The van der Waals surface area contributed by atoms with Gasteiger partial charge in [-0.1, -0.05) is 49.7 Å². The Hall–Kier alpha value is -2.35. The number of H-pyrrole nitrogens is 1. The molecule has 0 aliphatic heterocycles. The first-order valence-electron chi connectivity index (χ1n) is 7.16. The number of nitrogens with zero attached hydrogens (tertiary/aromatic N) is 1. The van der Waals surface area contributed by atoms with E-state index in [0.717, 1.165) is 18.4 Å². The number of benzene rings is 2. The highest BCUT2D eigenvalue weighted by Gasteiger charge is 2.12. The zero-order valence-electron chi connectivity index (χ0n) is 11.5. The first kappa shape index (κ1) is 11.5. The van der Waals surface area contributed by atoms with Gasteiger partial charge in [0.1, 0.15) is 0 Å². The third kappa shape index (κ3) is 1.54. The largest absolute Gasteiger partial charge is 0.354 e. The number of rotatable bonds is 2. The Balaban J connectivity index is 2.26. The predicted molar refractivity (Wildman–Crippen MR) is 85.1 cm³/mol. The summed E-state index contributed by atoms with van der Waals surface area (Å²) in [6.07, 6.45) is 2.13. The van der Waals surface area contributed by atoms with Crippen LogP contribution in [0, 0.1) is 0 Å². The molecule has 2 aromatic heterocycles. The summed E-state index contributed by atoms with van der Waals surface area (Å²) in [6.45, 7) is 2.21. The molecule has 1 N–H and O–H groups in total. The molecule has 98 valence electrons. The zero-order valence-corrected chi connectivity index (χ0v) is 11.5. The van der Waals surface area contributed by atoms with Gasteiger partial charge in [0, 0.05) is 21.7 Å². The van der Waals surface area contributed by atoms with Crippen molar-refractivity contribution in [2.75, 3.05) is 0 Å². The Morgan fingerprint density at radius 2 is 1.70 bits per heavy atom. The van der Waals surface area contributed by atoms with E-state index in [-0.39, 0.29) is 0 Å². The molecule has 0 fully saturated rings. The molecule has 0 saturated carbocycles. The van der Waals surface area contributed by atoms with Crippen LogP contribution in [0.25, 0.3) is 32.7 Å². The van der Waals surface area contributed by atoms with Crippen LogP contribution in [0.2, 0.25) is 0 Å². The van der Waals surface area contributed by atoms with Gasteiger partial charge in [0.05, 0.1) is 16.7 Å². The molecule has 0 saturated heterocycles. The van der Waals surface area contributed by atoms with E-state index in [1.807, 2.05) is 0 Å². The van der Waals surface area contributed by atoms with Crippen LogP contribution in [-0.4, -0.2) is 9.97 Å². The summed E-state index contributed by atoms with van der Waals surface area (Å²) >= 11 is 0. The summed E-state index contributed by atoms with van der Waals surface area (Å²) in [6, 6.07) is 16.9. The van der Waals surface area contributed by atoms with Crippen molar-refractivity contribution in [1.82, 2.24) is 9.97 Å². The van der Waals surface area contributed by atoms with Gasteiger partial charge in [0.25, 0.3) is 0 Å². The SMILES string of the molecule is CCCc1nc2ccccc2c2[nH]c3ccccc3c12. The molecule has 0 aliphatic carbocycles. The van der Waals surface area contributed by atoms with Crippen molar-refractivity contribution in [3.63, 3.8) is 0 Å². The molecular weight excluding hydrogens is 244 g/mol. The minimum absolute atomic E-state index is 1.02. The predicted octanol–water partition coefficient (Wildman–Crippen LogP) is 4.82. The average molecular weight is 260 g/mol. The van der Waals surface area contributed by atoms with Crippen LogP contribution in [0.4, 0.5) is 0 Å². The summed E-state index contributed by atoms with van der Waals surface area (Å²) in [4.78, 5) is 8.48. The Kier molecular flexibility index (Phi) is 2.49. The molecule has 0 atom stereocenters. The maximum absolute atomic E-state index is 4.90. The van der Waals surface area contributed by atoms with Crippen molar-refractivity contribution in [2.45, 2.75) is 19.8 Å². The molecular formula is C18H16N2. The number of nitrogens with one attached hydrogen (secondary N) is 1. The van der Waals surface area contributed by atoms with Crippen LogP contribution < -0.4 is 0 Å². The summed E-state index contributed by atoms with van der Waals surface area (Å²) in [5.74, 6) is 0. The maximum atomic E-state index is 4.90. The van der Waals surface area contributed by atoms with Crippen LogP contribution in [0.5, 0.6) is 0 Å². The number of hydrogen-bond acceptors (Lipinski definition) is 1. The Morgan fingerprint density at radius 1 is 0.950 bits per heavy atom. The normalized spacial score (nSPS) is 11.7. The van der Waals surface area contributed by atoms with E-state index in [2.05, 4.69) is 60.4 Å². The number of aryl methyl sites for hydroxylation is 1. The molecule has 2 heterocycles. The fourth-order valence-electron chi connectivity index (χ4n) is 3.05. The number of pyridine rings is 1. The fraction of sp³-hybridized carbons (Fsp3) is 0.167. The van der Waals surface area contributed by atoms with Gasteiger partial charge in [-0.25, -0.2) is 0 Å². The monoisotopic (exact) mass is 260 g/mol. The van der Waals surface area contributed by atoms with E-state index < -0.39 is 0 Å². The molecule has 2 nitrogen and oxygen atoms in total. The smallest absolute Gasteiger partial charge is 0.0726 e. The highest BCUT2D eigenvalue weighted by molar-refractivity contribution is 6.17. The molecule has 0 spiro atoms. The van der Waals surface area contributed by atoms with E-state index in [4.69, 9.17) is 4.98 Å². The van der Waals surface area contributed by atoms with Crippen LogP contribution in [0.1, 0.15) is 19.0 Å². The third-order valence-corrected chi connectivity index (χ3v) is 3.91. The van der Waals surface area contributed by atoms with E-state index in [0.29, 0.717) is 0 Å². The second-order valence-corrected chi connectivity index (χ2v) is 5.25. The molecule has 0 bridgehead atoms. The number of hydrogen-bond donors (Lipinski definition) is 1. The van der Waals surface area contributed by atoms with E-state index in [9.17, 15) is 0 Å². The molecule has 0 radical (unpaired) electrons. The van der Waals surface area contributed by atoms with Crippen molar-refractivity contribution in [2.24, 2.45) is 0 Å². The minimum Gasteiger partial charge on any atom is -0.354 e. The van der Waals surface area contributed by atoms with Gasteiger partial charge in [0.2, 0.25) is 0 Å². The molecule has 0 unspecified atom stereocenters. The number of aromatic nitrogens is 2. The second-order valence-electron chi connectivity index (χ2n) is 5.25. The summed E-state index contributed by atoms with van der Waals surface area (Å²) in [7, 11) is 0. The number of para-hydroxylation sites is 2. The molecule has 4 aromatic rings. The highest BCUT2D eigenvalue weighted by Crippen LogP contribution is 2.32. The quantitative estimate of drug-likeness (QED) is 0.550. The summed E-state index contributed by atoms with van der Waals surface area (Å²) in [5.41, 5.74) is 4.70. The number of aromatic amines is 1. The molecule has 0 aliphatic rings. The highest BCUT2D eigenvalue weighted by atomic mass is 14.8. The van der Waals surface area contributed by atoms with Crippen LogP contribution in [0.3, 0.4) is 0 Å². The lowest BCUT2D eigenvalue weighted by Crippen LogP contribution is -1.92. The van der Waals surface area contributed by atoms with Gasteiger partial charge in [-0.3, -0.25) is 4.98 Å². The van der Waals surface area contributed by atoms with Crippen molar-refractivity contribution in [3.05, 3.63) is 54.2 Å². The lowest BCUT2D eigenvalue weighted by molar-refractivity contribution is 0.900. The first-order valence-corrected chi connectivity index (χ1v) is 7.16. The van der Waals surface area contributed by atoms with Crippen LogP contribution in [0.15, 0.2) is 48.5 Å². The van der Waals surface area contributed by atoms with Gasteiger partial charge < -0.3 is 4.98 Å². The molecule has 4 rings (SSSR count). The summed E-state index contributed by atoms with van der Waals surface area (Å²) in [5, 5.41) is 3.78. The minimum atomic E-state index is 1.02. The van der Waals surface area contributed by atoms with Crippen molar-refractivity contribution < 1.29 is 0 Å². The van der Waals surface area contributed by atoms with Crippen molar-refractivity contribution >= 4 is 32.7 Å². The van der Waals surface area contributed by atoms with E-state index in [1.54, 1.807) is 0 Å². The Morgan fingerprint density at radius 3 is 2.55 bits per heavy atom. The van der Waals surface area contributed by atoms with E-state index in [1.165, 1.54) is 32.9 Å². The van der Waals surface area contributed by atoms with Gasteiger partial charge >= 0.3 is 0 Å². The molecule has 20 heavy (non-hydrogen) atoms. The third-order valence-electron chi connectivity index (χ3n) is 3.91. The van der Waals surface area contributed by atoms with Crippen LogP contribution >= 0.6 is 0 Å². The second kappa shape index (κ2) is 4.34. The van der Waals surface area contributed by atoms with Gasteiger partial charge in [-0.2, -0.15) is 0 Å². The average Bonchev–Trinajstić information content (AvgIpc) is 2.87.